The first-order valence-corrected chi connectivity index (χ1v) is 15.2. The van der Waals surface area contributed by atoms with E-state index in [1.807, 2.05) is 26.0 Å². The summed E-state index contributed by atoms with van der Waals surface area (Å²) in [6.45, 7) is 4.18. The topological polar surface area (TPSA) is 87.5 Å². The fraction of sp³-hybridized carbons (Fsp3) is 0.414. The average Bonchev–Trinajstić information content (AvgIpc) is 3.34. The molecule has 1 aromatic heterocycles. The number of methoxy groups -OCH3 is 1. The van der Waals surface area contributed by atoms with Gasteiger partial charge in [-0.3, -0.25) is 0 Å². The van der Waals surface area contributed by atoms with Gasteiger partial charge in [0.15, 0.2) is 11.5 Å². The van der Waals surface area contributed by atoms with Gasteiger partial charge < -0.3 is 19.5 Å². The van der Waals surface area contributed by atoms with E-state index in [0.29, 0.717) is 56.3 Å². The number of thioether (sulfide) groups is 1. The van der Waals surface area contributed by atoms with Crippen LogP contribution in [0.1, 0.15) is 63.1 Å². The number of hydrogen-bond acceptors (Lipinski definition) is 8. The average molecular weight is 632 g/mol. The molecule has 0 spiro atoms. The molecule has 3 aromatic rings. The monoisotopic (exact) mass is 630 g/mol. The van der Waals surface area contributed by atoms with Crippen LogP contribution in [0.4, 0.5) is 10.3 Å². The number of nitrogens with zero attached hydrogens (tertiary/aromatic N) is 3. The van der Waals surface area contributed by atoms with E-state index in [0.717, 1.165) is 37.7 Å². The molecule has 0 amide bonds. The predicted octanol–water partition coefficient (Wildman–Crippen LogP) is 7.04. The first-order chi connectivity index (χ1) is 19.4. The van der Waals surface area contributed by atoms with Gasteiger partial charge >= 0.3 is 5.97 Å². The summed E-state index contributed by atoms with van der Waals surface area (Å²) in [7, 11) is 1.58. The lowest BCUT2D eigenvalue weighted by Crippen LogP contribution is -2.32. The third-order valence-electron chi connectivity index (χ3n) is 7.05. The summed E-state index contributed by atoms with van der Waals surface area (Å²) in [6, 6.07) is 9.78. The van der Waals surface area contributed by atoms with Crippen molar-refractivity contribution in [1.82, 2.24) is 14.8 Å². The fourth-order valence-corrected chi connectivity index (χ4v) is 6.56. The van der Waals surface area contributed by atoms with Gasteiger partial charge in [0.25, 0.3) is 0 Å². The van der Waals surface area contributed by atoms with E-state index in [9.17, 15) is 9.18 Å². The highest BCUT2D eigenvalue weighted by molar-refractivity contribution is 9.10. The van der Waals surface area contributed by atoms with Crippen molar-refractivity contribution in [3.05, 3.63) is 69.1 Å². The normalized spacial score (nSPS) is 17.3. The molecule has 0 bridgehead atoms. The maximum Gasteiger partial charge on any atom is 0.338 e. The van der Waals surface area contributed by atoms with Crippen molar-refractivity contribution in [1.29, 1.82) is 0 Å². The first-order valence-electron chi connectivity index (χ1n) is 13.4. The van der Waals surface area contributed by atoms with Crippen LogP contribution in [-0.2, 0) is 15.3 Å². The number of hydrogen-bond donors (Lipinski definition) is 1. The third-order valence-corrected chi connectivity index (χ3v) is 8.52. The summed E-state index contributed by atoms with van der Waals surface area (Å²) in [5, 5.41) is 8.48. The molecule has 40 heavy (non-hydrogen) atoms. The smallest absolute Gasteiger partial charge is 0.338 e. The van der Waals surface area contributed by atoms with Gasteiger partial charge in [0.1, 0.15) is 18.0 Å². The Morgan fingerprint density at radius 2 is 2.00 bits per heavy atom. The van der Waals surface area contributed by atoms with Crippen LogP contribution in [0.5, 0.6) is 11.5 Å². The summed E-state index contributed by atoms with van der Waals surface area (Å²) in [5.74, 6) is 1.30. The van der Waals surface area contributed by atoms with Crippen LogP contribution < -0.4 is 14.8 Å². The Morgan fingerprint density at radius 1 is 1.23 bits per heavy atom. The van der Waals surface area contributed by atoms with Gasteiger partial charge in [0.05, 0.1) is 23.8 Å². The van der Waals surface area contributed by atoms with E-state index in [2.05, 4.69) is 26.2 Å². The molecule has 2 aliphatic rings. The van der Waals surface area contributed by atoms with Crippen LogP contribution in [0.3, 0.4) is 0 Å². The van der Waals surface area contributed by atoms with Crippen LogP contribution in [0.2, 0.25) is 0 Å². The maximum atomic E-state index is 14.2. The number of ether oxygens (including phenoxy) is 3. The number of allylic oxidation sites excluding steroid dienone is 1. The third kappa shape index (κ3) is 6.00. The fourth-order valence-electron chi connectivity index (χ4n) is 5.13. The lowest BCUT2D eigenvalue weighted by atomic mass is 9.94. The van der Waals surface area contributed by atoms with Crippen LogP contribution in [0.15, 0.2) is 57.3 Å². The Balaban J connectivity index is 1.54. The number of benzene rings is 2. The van der Waals surface area contributed by atoms with Gasteiger partial charge in [-0.25, -0.2) is 13.9 Å². The van der Waals surface area contributed by atoms with Gasteiger partial charge in [-0.15, -0.1) is 5.10 Å². The molecular weight excluding hydrogens is 599 g/mol. The largest absolute Gasteiger partial charge is 0.492 e. The SMILES string of the molecule is CCOc1cc(C2C(C(=O)OC3CCCCC3)=C(C)Nc3nc(SCc4ccccc4F)nn32)cc(Br)c1OC. The second kappa shape index (κ2) is 12.6. The molecule has 2 heterocycles. The molecule has 1 aliphatic heterocycles. The lowest BCUT2D eigenvalue weighted by molar-refractivity contribution is -0.146. The standard InChI is InChI=1S/C29H32BrFN4O4S/c1-4-38-23-15-19(14-21(30)26(23)37-3)25-24(27(36)39-20-11-6-5-7-12-20)17(2)32-28-33-29(34-35(25)28)40-16-18-10-8-9-13-22(18)31/h8-10,13-15,20,25H,4-7,11-12,16H2,1-3H3,(H,32,33,34). The summed E-state index contributed by atoms with van der Waals surface area (Å²) >= 11 is 4.94. The quantitative estimate of drug-likeness (QED) is 0.199. The Kier molecular flexibility index (Phi) is 9.00. The number of carbonyl (C=O) groups is 1. The Morgan fingerprint density at radius 3 is 2.73 bits per heavy atom. The molecule has 1 fully saturated rings. The van der Waals surface area contributed by atoms with E-state index in [4.69, 9.17) is 19.3 Å². The molecule has 1 atom stereocenters. The van der Waals surface area contributed by atoms with Crippen LogP contribution in [0, 0.1) is 5.82 Å². The Bertz CT molecular complexity index is 1420. The molecule has 1 unspecified atom stereocenters. The second-order valence-electron chi connectivity index (χ2n) is 9.74. The molecule has 5 rings (SSSR count). The maximum absolute atomic E-state index is 14.2. The van der Waals surface area contributed by atoms with Gasteiger partial charge in [-0.1, -0.05) is 36.4 Å². The van der Waals surface area contributed by atoms with E-state index < -0.39 is 6.04 Å². The molecule has 8 nitrogen and oxygen atoms in total. The number of esters is 1. The predicted molar refractivity (Wildman–Crippen MR) is 155 cm³/mol. The van der Waals surface area contributed by atoms with Crippen molar-refractivity contribution < 1.29 is 23.4 Å². The first kappa shape index (κ1) is 28.5. The minimum absolute atomic E-state index is 0.104. The zero-order valence-corrected chi connectivity index (χ0v) is 25.1. The van der Waals surface area contributed by atoms with E-state index in [1.165, 1.54) is 17.8 Å². The molecule has 212 valence electrons. The van der Waals surface area contributed by atoms with Crippen molar-refractivity contribution in [2.75, 3.05) is 19.0 Å². The molecule has 1 N–H and O–H groups in total. The minimum Gasteiger partial charge on any atom is -0.492 e. The minimum atomic E-state index is -0.635. The van der Waals surface area contributed by atoms with Crippen LogP contribution >= 0.6 is 27.7 Å². The highest BCUT2D eigenvalue weighted by atomic mass is 79.9. The number of anilines is 1. The summed E-state index contributed by atoms with van der Waals surface area (Å²) < 4.78 is 34.1. The molecule has 1 saturated carbocycles. The second-order valence-corrected chi connectivity index (χ2v) is 11.5. The van der Waals surface area contributed by atoms with Crippen LogP contribution in [0.25, 0.3) is 0 Å². The van der Waals surface area contributed by atoms with E-state index in [-0.39, 0.29) is 17.9 Å². The highest BCUT2D eigenvalue weighted by Crippen LogP contribution is 2.43. The highest BCUT2D eigenvalue weighted by Gasteiger charge is 2.37. The summed E-state index contributed by atoms with van der Waals surface area (Å²) in [6.07, 6.45) is 4.89. The zero-order chi connectivity index (χ0) is 28.2. The molecule has 2 aromatic carbocycles. The van der Waals surface area contributed by atoms with Crippen molar-refractivity contribution in [3.63, 3.8) is 0 Å². The summed E-state index contributed by atoms with van der Waals surface area (Å²) in [4.78, 5) is 18.4. The molecule has 0 radical (unpaired) electrons. The van der Waals surface area contributed by atoms with Crippen LogP contribution in [-0.4, -0.2) is 40.6 Å². The Hall–Kier alpha value is -3.05. The van der Waals surface area contributed by atoms with Gasteiger partial charge in [-0.05, 0) is 84.8 Å². The number of fused-ring (bicyclic) bond motifs is 1. The van der Waals surface area contributed by atoms with Gasteiger partial charge in [0, 0.05) is 11.4 Å². The molecule has 11 heteroatoms. The Labute approximate surface area is 245 Å². The van der Waals surface area contributed by atoms with E-state index in [1.54, 1.807) is 30.0 Å². The number of halogens is 2. The lowest BCUT2D eigenvalue weighted by Gasteiger charge is -2.30. The zero-order valence-electron chi connectivity index (χ0n) is 22.7. The molecular formula is C29H32BrFN4O4S. The molecule has 1 aliphatic carbocycles. The summed E-state index contributed by atoms with van der Waals surface area (Å²) in [5.41, 5.74) is 2.41. The molecule has 0 saturated heterocycles. The number of nitrogens with one attached hydrogen (secondary N) is 1. The van der Waals surface area contributed by atoms with Crippen molar-refractivity contribution in [2.24, 2.45) is 0 Å². The number of aromatic nitrogens is 3. The number of carbonyl (C=O) groups excluding carboxylic acids is 1. The van der Waals surface area contributed by atoms with Crippen molar-refractivity contribution in [2.45, 2.75) is 69.0 Å². The van der Waals surface area contributed by atoms with Gasteiger partial charge in [-0.2, -0.15) is 4.98 Å². The van der Waals surface area contributed by atoms with Gasteiger partial charge in [0.2, 0.25) is 11.1 Å². The van der Waals surface area contributed by atoms with Crippen molar-refractivity contribution >= 4 is 39.6 Å². The number of rotatable bonds is 9. The van der Waals surface area contributed by atoms with E-state index >= 15 is 0 Å². The van der Waals surface area contributed by atoms with Crippen molar-refractivity contribution in [3.8, 4) is 11.5 Å².